The van der Waals surface area contributed by atoms with Gasteiger partial charge in [0.15, 0.2) is 0 Å². The lowest BCUT2D eigenvalue weighted by Gasteiger charge is -2.47. The minimum absolute atomic E-state index is 0.113. The van der Waals surface area contributed by atoms with Crippen LogP contribution in [0, 0.1) is 0 Å². The second-order valence-corrected chi connectivity index (χ2v) is 5.47. The van der Waals surface area contributed by atoms with Gasteiger partial charge in [0.25, 0.3) is 0 Å². The van der Waals surface area contributed by atoms with Gasteiger partial charge in [0.2, 0.25) is 5.92 Å². The Kier molecular flexibility index (Phi) is 2.98. The largest absolute Gasteiger partial charge is 0.330 e. The Morgan fingerprint density at radius 1 is 1.29 bits per heavy atom. The number of hydrogen-bond donors (Lipinski definition) is 1. The van der Waals surface area contributed by atoms with E-state index < -0.39 is 11.3 Å². The van der Waals surface area contributed by atoms with Crippen LogP contribution in [-0.2, 0) is 5.41 Å². The first-order chi connectivity index (χ1) is 7.88. The van der Waals surface area contributed by atoms with Crippen molar-refractivity contribution in [1.82, 2.24) is 0 Å². The fourth-order valence-electron chi connectivity index (χ4n) is 2.63. The van der Waals surface area contributed by atoms with Gasteiger partial charge >= 0.3 is 0 Å². The average molecular weight is 239 g/mol. The van der Waals surface area contributed by atoms with Crippen molar-refractivity contribution >= 4 is 0 Å². The number of halogens is 2. The Morgan fingerprint density at radius 3 is 2.41 bits per heavy atom. The molecule has 1 aromatic rings. The monoisotopic (exact) mass is 239 g/mol. The number of hydrogen-bond acceptors (Lipinski definition) is 1. The van der Waals surface area contributed by atoms with Gasteiger partial charge in [0.1, 0.15) is 0 Å². The van der Waals surface area contributed by atoms with Gasteiger partial charge in [-0.25, -0.2) is 8.78 Å². The summed E-state index contributed by atoms with van der Waals surface area (Å²) in [7, 11) is 0. The lowest BCUT2D eigenvalue weighted by atomic mass is 9.62. The number of alkyl halides is 2. The van der Waals surface area contributed by atoms with Gasteiger partial charge in [-0.1, -0.05) is 38.1 Å². The van der Waals surface area contributed by atoms with Crippen molar-refractivity contribution in [3.63, 3.8) is 0 Å². The zero-order valence-corrected chi connectivity index (χ0v) is 10.3. The van der Waals surface area contributed by atoms with E-state index in [1.807, 2.05) is 24.3 Å². The Labute approximate surface area is 101 Å². The van der Waals surface area contributed by atoms with Gasteiger partial charge < -0.3 is 5.73 Å². The van der Waals surface area contributed by atoms with Crippen molar-refractivity contribution in [3.8, 4) is 0 Å². The lowest BCUT2D eigenvalue weighted by molar-refractivity contribution is -0.123. The van der Waals surface area contributed by atoms with Gasteiger partial charge in [0, 0.05) is 24.8 Å². The van der Waals surface area contributed by atoms with Gasteiger partial charge in [0.05, 0.1) is 0 Å². The molecule has 1 nitrogen and oxygen atoms in total. The molecule has 1 saturated carbocycles. The van der Waals surface area contributed by atoms with Crippen LogP contribution in [0.1, 0.15) is 43.7 Å². The highest BCUT2D eigenvalue weighted by Gasteiger charge is 2.56. The molecule has 2 rings (SSSR count). The third kappa shape index (κ3) is 2.21. The Bertz CT molecular complexity index is 404. The average Bonchev–Trinajstić information content (AvgIpc) is 2.25. The van der Waals surface area contributed by atoms with Crippen molar-refractivity contribution in [3.05, 3.63) is 35.4 Å². The first kappa shape index (κ1) is 12.5. The summed E-state index contributed by atoms with van der Waals surface area (Å²) in [4.78, 5) is 0. The van der Waals surface area contributed by atoms with Crippen molar-refractivity contribution < 1.29 is 8.78 Å². The normalized spacial score (nSPS) is 21.3. The van der Waals surface area contributed by atoms with Crippen LogP contribution in [0.25, 0.3) is 0 Å². The Hall–Kier alpha value is -0.960. The van der Waals surface area contributed by atoms with Crippen LogP contribution in [0.4, 0.5) is 8.78 Å². The predicted molar refractivity (Wildman–Crippen MR) is 65.4 cm³/mol. The maximum absolute atomic E-state index is 13.1. The van der Waals surface area contributed by atoms with Gasteiger partial charge in [-0.05, 0) is 17.0 Å². The highest BCUT2D eigenvalue weighted by Crippen LogP contribution is 2.52. The van der Waals surface area contributed by atoms with Crippen LogP contribution in [-0.4, -0.2) is 12.5 Å². The Morgan fingerprint density at radius 2 is 1.94 bits per heavy atom. The van der Waals surface area contributed by atoms with E-state index in [1.165, 1.54) is 5.56 Å². The van der Waals surface area contributed by atoms with Crippen LogP contribution in [0.5, 0.6) is 0 Å². The van der Waals surface area contributed by atoms with Crippen LogP contribution in [0.15, 0.2) is 24.3 Å². The molecular formula is C14H19F2N. The maximum atomic E-state index is 13.1. The molecule has 17 heavy (non-hydrogen) atoms. The molecule has 0 bridgehead atoms. The van der Waals surface area contributed by atoms with E-state index in [9.17, 15) is 8.78 Å². The molecule has 0 aromatic heterocycles. The summed E-state index contributed by atoms with van der Waals surface area (Å²) < 4.78 is 26.2. The zero-order valence-electron chi connectivity index (χ0n) is 10.3. The summed E-state index contributed by atoms with van der Waals surface area (Å²) >= 11 is 0. The summed E-state index contributed by atoms with van der Waals surface area (Å²) in [6.45, 7) is 4.50. The third-order valence-electron chi connectivity index (χ3n) is 3.75. The summed E-state index contributed by atoms with van der Waals surface area (Å²) in [6, 6.07) is 7.94. The lowest BCUT2D eigenvalue weighted by Crippen LogP contribution is -2.53. The SMILES string of the molecule is CC(C)c1cccc(C2(CN)CC(F)(F)C2)c1. The maximum Gasteiger partial charge on any atom is 0.250 e. The molecular weight excluding hydrogens is 220 g/mol. The molecule has 0 heterocycles. The van der Waals surface area contributed by atoms with E-state index in [0.29, 0.717) is 12.5 Å². The summed E-state index contributed by atoms with van der Waals surface area (Å²) in [5.41, 5.74) is 7.36. The first-order valence-corrected chi connectivity index (χ1v) is 6.07. The van der Waals surface area contributed by atoms with Crippen LogP contribution in [0.3, 0.4) is 0 Å². The van der Waals surface area contributed by atoms with E-state index in [1.54, 1.807) is 0 Å². The molecule has 0 saturated heterocycles. The molecule has 2 N–H and O–H groups in total. The predicted octanol–water partition coefficient (Wildman–Crippen LogP) is 3.44. The molecule has 1 fully saturated rings. The third-order valence-corrected chi connectivity index (χ3v) is 3.75. The number of benzene rings is 1. The molecule has 0 atom stereocenters. The summed E-state index contributed by atoms with van der Waals surface area (Å²) in [5.74, 6) is -2.13. The van der Waals surface area contributed by atoms with Crippen molar-refractivity contribution in [1.29, 1.82) is 0 Å². The molecule has 0 radical (unpaired) electrons. The molecule has 0 amide bonds. The quantitative estimate of drug-likeness (QED) is 0.859. The number of nitrogens with two attached hydrogens (primary N) is 1. The molecule has 3 heteroatoms. The summed E-state index contributed by atoms with van der Waals surface area (Å²) in [5, 5.41) is 0. The molecule has 1 aliphatic carbocycles. The van der Waals surface area contributed by atoms with E-state index in [2.05, 4.69) is 13.8 Å². The molecule has 1 aliphatic rings. The van der Waals surface area contributed by atoms with Crippen molar-refractivity contribution in [2.24, 2.45) is 5.73 Å². The smallest absolute Gasteiger partial charge is 0.250 e. The second kappa shape index (κ2) is 4.05. The fourth-order valence-corrected chi connectivity index (χ4v) is 2.63. The minimum Gasteiger partial charge on any atom is -0.330 e. The van der Waals surface area contributed by atoms with Gasteiger partial charge in [-0.2, -0.15) is 0 Å². The highest BCUT2D eigenvalue weighted by molar-refractivity contribution is 5.35. The fraction of sp³-hybridized carbons (Fsp3) is 0.571. The zero-order chi connectivity index (χ0) is 12.7. The topological polar surface area (TPSA) is 26.0 Å². The molecule has 94 valence electrons. The van der Waals surface area contributed by atoms with Crippen LogP contribution in [0.2, 0.25) is 0 Å². The Balaban J connectivity index is 2.30. The minimum atomic E-state index is -2.53. The van der Waals surface area contributed by atoms with E-state index in [4.69, 9.17) is 5.73 Å². The van der Waals surface area contributed by atoms with Crippen molar-refractivity contribution in [2.45, 2.75) is 43.9 Å². The van der Waals surface area contributed by atoms with Crippen LogP contribution >= 0.6 is 0 Å². The second-order valence-electron chi connectivity index (χ2n) is 5.47. The first-order valence-electron chi connectivity index (χ1n) is 6.07. The molecule has 0 unspecified atom stereocenters. The van der Waals surface area contributed by atoms with E-state index in [0.717, 1.165) is 5.56 Å². The number of rotatable bonds is 3. The van der Waals surface area contributed by atoms with Crippen LogP contribution < -0.4 is 5.73 Å². The highest BCUT2D eigenvalue weighted by atomic mass is 19.3. The molecule has 0 spiro atoms. The molecule has 0 aliphatic heterocycles. The van der Waals surface area contributed by atoms with Gasteiger partial charge in [-0.3, -0.25) is 0 Å². The standard InChI is InChI=1S/C14H19F2N/c1-10(2)11-4-3-5-12(6-11)13(9-17)7-14(15,16)8-13/h3-6,10H,7-9,17H2,1-2H3. The van der Waals surface area contributed by atoms with Crippen molar-refractivity contribution in [2.75, 3.05) is 6.54 Å². The van der Waals surface area contributed by atoms with E-state index in [-0.39, 0.29) is 12.8 Å². The molecule has 1 aromatic carbocycles. The summed E-state index contributed by atoms with van der Waals surface area (Å²) in [6.07, 6.45) is -0.226. The van der Waals surface area contributed by atoms with E-state index >= 15 is 0 Å². The van der Waals surface area contributed by atoms with Gasteiger partial charge in [-0.15, -0.1) is 0 Å².